The minimum absolute atomic E-state index is 0.725. The third-order valence-electron chi connectivity index (χ3n) is 5.28. The Morgan fingerprint density at radius 2 is 1.65 bits per heavy atom. The normalized spacial score (nSPS) is 20.9. The summed E-state index contributed by atoms with van der Waals surface area (Å²) in [6.45, 7) is 2.30. The molecule has 0 atom stereocenters. The molecule has 3 rings (SSSR count). The van der Waals surface area contributed by atoms with Crippen LogP contribution < -0.4 is 0 Å². The van der Waals surface area contributed by atoms with Gasteiger partial charge in [0.2, 0.25) is 0 Å². The van der Waals surface area contributed by atoms with E-state index < -0.39 is 0 Å². The lowest BCUT2D eigenvalue weighted by molar-refractivity contribution is 0.308. The smallest absolute Gasteiger partial charge is 0.0998 e. The Bertz CT molecular complexity index is 670. The van der Waals surface area contributed by atoms with Gasteiger partial charge in [-0.2, -0.15) is 5.26 Å². The molecule has 1 heteroatoms. The molecule has 2 aromatic rings. The number of hydrogen-bond acceptors (Lipinski definition) is 1. The highest BCUT2D eigenvalue weighted by atomic mass is 14.3. The fraction of sp³-hybridized carbons (Fsp3) is 0.409. The lowest BCUT2D eigenvalue weighted by atomic mass is 9.77. The van der Waals surface area contributed by atoms with Crippen molar-refractivity contribution in [3.63, 3.8) is 0 Å². The lowest BCUT2D eigenvalue weighted by Gasteiger charge is -2.28. The van der Waals surface area contributed by atoms with Crippen LogP contribution in [0.2, 0.25) is 0 Å². The van der Waals surface area contributed by atoms with Gasteiger partial charge >= 0.3 is 0 Å². The molecule has 0 radical (unpaired) electrons. The number of nitriles is 1. The maximum absolute atomic E-state index is 9.26. The van der Waals surface area contributed by atoms with Gasteiger partial charge in [-0.05, 0) is 60.3 Å². The summed E-state index contributed by atoms with van der Waals surface area (Å²) >= 11 is 0. The summed E-state index contributed by atoms with van der Waals surface area (Å²) in [6, 6.07) is 19.0. The van der Waals surface area contributed by atoms with Crippen molar-refractivity contribution < 1.29 is 0 Å². The summed E-state index contributed by atoms with van der Waals surface area (Å²) in [5.41, 5.74) is 4.40. The van der Waals surface area contributed by atoms with E-state index in [4.69, 9.17) is 0 Å². The number of rotatable bonds is 4. The SMILES string of the molecule is CCCC1CCC(c2ccc(-c3ccccc3C#N)cc2)CC1. The Morgan fingerprint density at radius 1 is 0.957 bits per heavy atom. The molecule has 1 aliphatic rings. The van der Waals surface area contributed by atoms with Gasteiger partial charge in [-0.1, -0.05) is 62.2 Å². The fourth-order valence-electron chi connectivity index (χ4n) is 3.96. The molecule has 0 aliphatic heterocycles. The zero-order valence-electron chi connectivity index (χ0n) is 14.0. The molecule has 0 spiro atoms. The molecule has 0 aromatic heterocycles. The van der Waals surface area contributed by atoms with Gasteiger partial charge in [0.1, 0.15) is 0 Å². The van der Waals surface area contributed by atoms with Crippen LogP contribution in [0.3, 0.4) is 0 Å². The Hall–Kier alpha value is -2.07. The minimum Gasteiger partial charge on any atom is -0.192 e. The first-order valence-electron chi connectivity index (χ1n) is 8.91. The molecule has 23 heavy (non-hydrogen) atoms. The maximum atomic E-state index is 9.26. The van der Waals surface area contributed by atoms with Crippen LogP contribution in [0.1, 0.15) is 62.5 Å². The largest absolute Gasteiger partial charge is 0.192 e. The molecule has 1 nitrogen and oxygen atoms in total. The van der Waals surface area contributed by atoms with Gasteiger partial charge in [-0.3, -0.25) is 0 Å². The molecule has 1 fully saturated rings. The van der Waals surface area contributed by atoms with Gasteiger partial charge in [0, 0.05) is 0 Å². The van der Waals surface area contributed by atoms with Crippen molar-refractivity contribution >= 4 is 0 Å². The zero-order chi connectivity index (χ0) is 16.1. The molecule has 0 N–H and O–H groups in total. The van der Waals surface area contributed by atoms with Gasteiger partial charge in [0.25, 0.3) is 0 Å². The number of hydrogen-bond donors (Lipinski definition) is 0. The van der Waals surface area contributed by atoms with Crippen LogP contribution in [0.4, 0.5) is 0 Å². The first kappa shape index (κ1) is 15.8. The summed E-state index contributed by atoms with van der Waals surface area (Å²) in [5.74, 6) is 1.68. The van der Waals surface area contributed by atoms with Gasteiger partial charge in [-0.15, -0.1) is 0 Å². The van der Waals surface area contributed by atoms with Crippen molar-refractivity contribution in [1.82, 2.24) is 0 Å². The monoisotopic (exact) mass is 303 g/mol. The summed E-state index contributed by atoms with van der Waals surface area (Å²) in [4.78, 5) is 0. The van der Waals surface area contributed by atoms with Crippen molar-refractivity contribution in [2.75, 3.05) is 0 Å². The molecular formula is C22H25N. The molecule has 1 aliphatic carbocycles. The highest BCUT2D eigenvalue weighted by Gasteiger charge is 2.21. The first-order valence-corrected chi connectivity index (χ1v) is 8.91. The Labute approximate surface area is 140 Å². The molecule has 0 heterocycles. The highest BCUT2D eigenvalue weighted by molar-refractivity contribution is 5.70. The summed E-state index contributed by atoms with van der Waals surface area (Å²) in [6.07, 6.45) is 8.16. The molecule has 0 unspecified atom stereocenters. The van der Waals surface area contributed by atoms with E-state index in [2.05, 4.69) is 37.3 Å². The van der Waals surface area contributed by atoms with Gasteiger partial charge in [0.05, 0.1) is 11.6 Å². The van der Waals surface area contributed by atoms with Gasteiger partial charge in [-0.25, -0.2) is 0 Å². The average molecular weight is 303 g/mol. The van der Waals surface area contributed by atoms with Crippen LogP contribution in [-0.4, -0.2) is 0 Å². The fourth-order valence-corrected chi connectivity index (χ4v) is 3.96. The lowest BCUT2D eigenvalue weighted by Crippen LogP contribution is -2.13. The predicted octanol–water partition coefficient (Wildman–Crippen LogP) is 6.30. The predicted molar refractivity (Wildman–Crippen MR) is 96.2 cm³/mol. The molecule has 0 bridgehead atoms. The van der Waals surface area contributed by atoms with Crippen molar-refractivity contribution in [2.45, 2.75) is 51.4 Å². The molecule has 118 valence electrons. The third kappa shape index (κ3) is 3.64. The zero-order valence-corrected chi connectivity index (χ0v) is 14.0. The van der Waals surface area contributed by atoms with Gasteiger partial charge < -0.3 is 0 Å². The standard InChI is InChI=1S/C22H25N/c1-2-5-17-8-10-18(11-9-17)19-12-14-20(15-13-19)22-7-4-3-6-21(22)16-23/h3-4,6-7,12-15,17-18H,2,5,8-11H2,1H3. The third-order valence-corrected chi connectivity index (χ3v) is 5.28. The Balaban J connectivity index is 1.72. The van der Waals surface area contributed by atoms with Crippen molar-refractivity contribution in [3.05, 3.63) is 59.7 Å². The van der Waals surface area contributed by atoms with Crippen LogP contribution in [0.25, 0.3) is 11.1 Å². The van der Waals surface area contributed by atoms with E-state index in [-0.39, 0.29) is 0 Å². The number of benzene rings is 2. The van der Waals surface area contributed by atoms with Crippen LogP contribution in [0.5, 0.6) is 0 Å². The van der Waals surface area contributed by atoms with Crippen molar-refractivity contribution in [2.24, 2.45) is 5.92 Å². The van der Waals surface area contributed by atoms with E-state index in [0.717, 1.165) is 28.5 Å². The second-order valence-corrected chi connectivity index (χ2v) is 6.79. The van der Waals surface area contributed by atoms with E-state index in [1.807, 2.05) is 24.3 Å². The molecule has 2 aromatic carbocycles. The second-order valence-electron chi connectivity index (χ2n) is 6.79. The van der Waals surface area contributed by atoms with Crippen LogP contribution in [-0.2, 0) is 0 Å². The quantitative estimate of drug-likeness (QED) is 0.650. The highest BCUT2D eigenvalue weighted by Crippen LogP contribution is 2.38. The Morgan fingerprint density at radius 3 is 2.30 bits per heavy atom. The topological polar surface area (TPSA) is 23.8 Å². The van der Waals surface area contributed by atoms with Gasteiger partial charge in [0.15, 0.2) is 0 Å². The average Bonchev–Trinajstić information content (AvgIpc) is 2.63. The van der Waals surface area contributed by atoms with E-state index in [1.165, 1.54) is 44.1 Å². The number of nitrogens with zero attached hydrogens (tertiary/aromatic N) is 1. The molecule has 0 saturated heterocycles. The van der Waals surface area contributed by atoms with E-state index in [1.54, 1.807) is 0 Å². The van der Waals surface area contributed by atoms with E-state index >= 15 is 0 Å². The van der Waals surface area contributed by atoms with Crippen LogP contribution in [0.15, 0.2) is 48.5 Å². The summed E-state index contributed by atoms with van der Waals surface area (Å²) in [7, 11) is 0. The van der Waals surface area contributed by atoms with Crippen molar-refractivity contribution in [3.8, 4) is 17.2 Å². The van der Waals surface area contributed by atoms with Crippen LogP contribution in [0, 0.1) is 17.2 Å². The first-order chi connectivity index (χ1) is 11.3. The minimum atomic E-state index is 0.725. The molecule has 0 amide bonds. The van der Waals surface area contributed by atoms with E-state index in [9.17, 15) is 5.26 Å². The summed E-state index contributed by atoms with van der Waals surface area (Å²) < 4.78 is 0. The maximum Gasteiger partial charge on any atom is 0.0998 e. The molecule has 1 saturated carbocycles. The Kier molecular flexibility index (Phi) is 5.13. The van der Waals surface area contributed by atoms with Crippen LogP contribution >= 0.6 is 0 Å². The molecular weight excluding hydrogens is 278 g/mol. The van der Waals surface area contributed by atoms with Crippen molar-refractivity contribution in [1.29, 1.82) is 5.26 Å². The second kappa shape index (κ2) is 7.47. The van der Waals surface area contributed by atoms with E-state index in [0.29, 0.717) is 0 Å². The summed E-state index contributed by atoms with van der Waals surface area (Å²) in [5, 5.41) is 9.26.